The highest BCUT2D eigenvalue weighted by atomic mass is 32.1. The number of pyridine rings is 1. The Bertz CT molecular complexity index is 943. The first-order valence-corrected chi connectivity index (χ1v) is 7.99. The van der Waals surface area contributed by atoms with Gasteiger partial charge in [0, 0.05) is 39.6 Å². The number of benzene rings is 1. The van der Waals surface area contributed by atoms with E-state index in [1.54, 1.807) is 6.07 Å². The molecule has 1 unspecified atom stereocenters. The molecule has 0 fully saturated rings. The fraction of sp³-hybridized carbons (Fsp3) is 0.250. The lowest BCUT2D eigenvalue weighted by Gasteiger charge is -2.11. The van der Waals surface area contributed by atoms with Gasteiger partial charge in [-0.25, -0.2) is 4.79 Å². The molecule has 0 spiro atoms. The summed E-state index contributed by atoms with van der Waals surface area (Å²) in [4.78, 5) is 26.9. The van der Waals surface area contributed by atoms with Crippen LogP contribution in [0.1, 0.15) is 16.6 Å². The Kier molecular flexibility index (Phi) is 4.06. The second kappa shape index (κ2) is 6.02. The minimum atomic E-state index is -0.393. The van der Waals surface area contributed by atoms with Gasteiger partial charge in [-0.05, 0) is 25.1 Å². The number of aromatic nitrogens is 1. The van der Waals surface area contributed by atoms with Gasteiger partial charge in [0.05, 0.1) is 12.8 Å². The normalized spacial score (nSPS) is 12.5. The number of fused-ring (bicyclic) bond motifs is 3. The molecule has 3 rings (SSSR count). The summed E-state index contributed by atoms with van der Waals surface area (Å²) in [7, 11) is 1.36. The molecule has 0 saturated heterocycles. The third-order valence-electron chi connectivity index (χ3n) is 3.53. The highest BCUT2D eigenvalue weighted by molar-refractivity contribution is 7.21. The second-order valence-corrected chi connectivity index (χ2v) is 6.43. The molecule has 1 aromatic carbocycles. The minimum Gasteiger partial charge on any atom is -0.465 e. The lowest BCUT2D eigenvalue weighted by Crippen LogP contribution is -2.25. The van der Waals surface area contributed by atoms with Gasteiger partial charge in [0.25, 0.3) is 0 Å². The standard InChI is InChI=1S/C16H17N3O3S/c1-8(17)7-18-14-13-9-3-6-12(20)19-10(9)4-5-11(13)23-15(14)16(21)22-2/h3-6,8,18H,7,17H2,1-2H3,(H,19,20). The Morgan fingerprint density at radius 3 is 2.87 bits per heavy atom. The summed E-state index contributed by atoms with van der Waals surface area (Å²) in [6.45, 7) is 2.41. The van der Waals surface area contributed by atoms with Gasteiger partial charge in [0.1, 0.15) is 4.88 Å². The van der Waals surface area contributed by atoms with Gasteiger partial charge < -0.3 is 20.8 Å². The number of methoxy groups -OCH3 is 1. The molecule has 2 aromatic heterocycles. The van der Waals surface area contributed by atoms with Crippen LogP contribution in [-0.4, -0.2) is 30.6 Å². The molecule has 120 valence electrons. The van der Waals surface area contributed by atoms with E-state index in [4.69, 9.17) is 10.5 Å². The predicted molar refractivity (Wildman–Crippen MR) is 93.4 cm³/mol. The molecule has 2 heterocycles. The number of aromatic amines is 1. The number of rotatable bonds is 4. The van der Waals surface area contributed by atoms with Crippen LogP contribution in [-0.2, 0) is 4.74 Å². The molecule has 1 atom stereocenters. The number of H-pyrrole nitrogens is 1. The molecule has 23 heavy (non-hydrogen) atoms. The van der Waals surface area contributed by atoms with E-state index in [0.717, 1.165) is 21.0 Å². The first kappa shape index (κ1) is 15.5. The molecule has 0 aliphatic heterocycles. The molecule has 0 saturated carbocycles. The van der Waals surface area contributed by atoms with Crippen molar-refractivity contribution in [2.75, 3.05) is 19.0 Å². The molecule has 0 aliphatic rings. The van der Waals surface area contributed by atoms with Gasteiger partial charge in [-0.1, -0.05) is 0 Å². The number of nitrogens with one attached hydrogen (secondary N) is 2. The zero-order valence-electron chi connectivity index (χ0n) is 12.8. The average molecular weight is 331 g/mol. The van der Waals surface area contributed by atoms with Gasteiger partial charge in [-0.3, -0.25) is 4.79 Å². The Morgan fingerprint density at radius 2 is 2.17 bits per heavy atom. The smallest absolute Gasteiger partial charge is 0.350 e. The van der Waals surface area contributed by atoms with E-state index < -0.39 is 5.97 Å². The lowest BCUT2D eigenvalue weighted by atomic mass is 10.1. The van der Waals surface area contributed by atoms with Crippen molar-refractivity contribution in [3.63, 3.8) is 0 Å². The molecular formula is C16H17N3O3S. The monoisotopic (exact) mass is 331 g/mol. The summed E-state index contributed by atoms with van der Waals surface area (Å²) < 4.78 is 5.83. The predicted octanol–water partition coefficient (Wildman–Crippen LogP) is 2.29. The van der Waals surface area contributed by atoms with Crippen molar-refractivity contribution in [3.8, 4) is 0 Å². The van der Waals surface area contributed by atoms with E-state index in [2.05, 4.69) is 10.3 Å². The van der Waals surface area contributed by atoms with Gasteiger partial charge in [-0.15, -0.1) is 11.3 Å². The van der Waals surface area contributed by atoms with Crippen molar-refractivity contribution in [3.05, 3.63) is 39.5 Å². The third kappa shape index (κ3) is 2.80. The molecule has 0 bridgehead atoms. The fourth-order valence-electron chi connectivity index (χ4n) is 2.50. The largest absolute Gasteiger partial charge is 0.465 e. The van der Waals surface area contributed by atoms with E-state index in [9.17, 15) is 9.59 Å². The van der Waals surface area contributed by atoms with Gasteiger partial charge >= 0.3 is 5.97 Å². The van der Waals surface area contributed by atoms with Crippen LogP contribution in [0.5, 0.6) is 0 Å². The first-order valence-electron chi connectivity index (χ1n) is 7.17. The highest BCUT2D eigenvalue weighted by Crippen LogP contribution is 2.40. The van der Waals surface area contributed by atoms with Gasteiger partial charge in [-0.2, -0.15) is 0 Å². The maximum atomic E-state index is 12.1. The van der Waals surface area contributed by atoms with E-state index in [-0.39, 0.29) is 11.6 Å². The molecule has 6 nitrogen and oxygen atoms in total. The van der Waals surface area contributed by atoms with Crippen LogP contribution in [0.3, 0.4) is 0 Å². The maximum Gasteiger partial charge on any atom is 0.350 e. The molecular weight excluding hydrogens is 314 g/mol. The van der Waals surface area contributed by atoms with Crippen LogP contribution in [0.4, 0.5) is 5.69 Å². The van der Waals surface area contributed by atoms with Crippen LogP contribution in [0, 0.1) is 0 Å². The molecule has 0 radical (unpaired) electrons. The lowest BCUT2D eigenvalue weighted by molar-refractivity contribution is 0.0607. The van der Waals surface area contributed by atoms with Gasteiger partial charge in [0.2, 0.25) is 5.56 Å². The van der Waals surface area contributed by atoms with Crippen molar-refractivity contribution in [2.45, 2.75) is 13.0 Å². The number of ether oxygens (including phenoxy) is 1. The van der Waals surface area contributed by atoms with Gasteiger partial charge in [0.15, 0.2) is 0 Å². The number of thiophene rings is 1. The molecule has 3 aromatic rings. The van der Waals surface area contributed by atoms with Crippen LogP contribution in [0.2, 0.25) is 0 Å². The maximum absolute atomic E-state index is 12.1. The number of nitrogens with two attached hydrogens (primary N) is 1. The van der Waals surface area contributed by atoms with Crippen LogP contribution >= 0.6 is 11.3 Å². The minimum absolute atomic E-state index is 0.0646. The fourth-order valence-corrected chi connectivity index (χ4v) is 3.61. The van der Waals surface area contributed by atoms with Crippen LogP contribution < -0.4 is 16.6 Å². The van der Waals surface area contributed by atoms with Crippen LogP contribution in [0.15, 0.2) is 29.1 Å². The second-order valence-electron chi connectivity index (χ2n) is 5.38. The van der Waals surface area contributed by atoms with E-state index in [1.165, 1.54) is 24.5 Å². The Hall–Kier alpha value is -2.38. The first-order chi connectivity index (χ1) is 11.0. The van der Waals surface area contributed by atoms with Crippen molar-refractivity contribution in [2.24, 2.45) is 5.73 Å². The average Bonchev–Trinajstić information content (AvgIpc) is 2.90. The summed E-state index contributed by atoms with van der Waals surface area (Å²) >= 11 is 1.36. The third-order valence-corrected chi connectivity index (χ3v) is 4.66. The Morgan fingerprint density at radius 1 is 1.39 bits per heavy atom. The van der Waals surface area contributed by atoms with Crippen molar-refractivity contribution < 1.29 is 9.53 Å². The molecule has 0 aliphatic carbocycles. The number of anilines is 1. The Balaban J connectivity index is 2.31. The van der Waals surface area contributed by atoms with Crippen molar-refractivity contribution in [1.82, 2.24) is 4.98 Å². The Labute approximate surface area is 136 Å². The molecule has 0 amide bonds. The summed E-state index contributed by atoms with van der Waals surface area (Å²) in [6, 6.07) is 6.91. The van der Waals surface area contributed by atoms with E-state index in [0.29, 0.717) is 17.1 Å². The quantitative estimate of drug-likeness (QED) is 0.637. The highest BCUT2D eigenvalue weighted by Gasteiger charge is 2.21. The summed E-state index contributed by atoms with van der Waals surface area (Å²) in [5.74, 6) is -0.393. The summed E-state index contributed by atoms with van der Waals surface area (Å²) in [5, 5.41) is 5.02. The number of hydrogen-bond acceptors (Lipinski definition) is 6. The van der Waals surface area contributed by atoms with Crippen LogP contribution in [0.25, 0.3) is 21.0 Å². The topological polar surface area (TPSA) is 97.2 Å². The number of carbonyl (C=O) groups is 1. The number of esters is 1. The zero-order chi connectivity index (χ0) is 16.6. The number of hydrogen-bond donors (Lipinski definition) is 3. The van der Waals surface area contributed by atoms with Crippen molar-refractivity contribution >= 4 is 44.0 Å². The van der Waals surface area contributed by atoms with E-state index in [1.807, 2.05) is 19.1 Å². The summed E-state index contributed by atoms with van der Waals surface area (Å²) in [6.07, 6.45) is 0. The zero-order valence-corrected chi connectivity index (χ0v) is 13.6. The number of carbonyl (C=O) groups excluding carboxylic acids is 1. The SMILES string of the molecule is COC(=O)c1sc2ccc3[nH]c(=O)ccc3c2c1NCC(C)N. The molecule has 4 N–H and O–H groups in total. The molecule has 7 heteroatoms. The van der Waals surface area contributed by atoms with Crippen molar-refractivity contribution in [1.29, 1.82) is 0 Å². The summed E-state index contributed by atoms with van der Waals surface area (Å²) in [5.41, 5.74) is 7.09. The van der Waals surface area contributed by atoms with E-state index >= 15 is 0 Å².